The van der Waals surface area contributed by atoms with Crippen molar-refractivity contribution in [2.75, 3.05) is 13.7 Å². The molecule has 1 unspecified atom stereocenters. The Labute approximate surface area is 98.9 Å². The summed E-state index contributed by atoms with van der Waals surface area (Å²) in [6.07, 6.45) is -0.0379. The highest BCUT2D eigenvalue weighted by atomic mass is 16.6. The van der Waals surface area contributed by atoms with Crippen molar-refractivity contribution in [3.05, 3.63) is 23.8 Å². The second kappa shape index (κ2) is 5.05. The molecule has 0 spiro atoms. The van der Waals surface area contributed by atoms with Gasteiger partial charge < -0.3 is 19.3 Å². The molecule has 5 heteroatoms. The SMILES string of the molecule is COc1ccc(OC2CCOC2=O)c(CO)c1. The molecule has 1 atom stereocenters. The fourth-order valence-corrected chi connectivity index (χ4v) is 1.66. The molecular formula is C12H14O5. The van der Waals surface area contributed by atoms with E-state index in [1.165, 1.54) is 0 Å². The van der Waals surface area contributed by atoms with E-state index < -0.39 is 6.10 Å². The molecule has 0 aromatic heterocycles. The summed E-state index contributed by atoms with van der Waals surface area (Å²) < 4.78 is 15.4. The Balaban J connectivity index is 2.17. The second-order valence-electron chi connectivity index (χ2n) is 3.69. The van der Waals surface area contributed by atoms with E-state index in [4.69, 9.17) is 14.2 Å². The zero-order valence-corrected chi connectivity index (χ0v) is 9.51. The van der Waals surface area contributed by atoms with Crippen molar-refractivity contribution in [1.82, 2.24) is 0 Å². The molecule has 0 aliphatic carbocycles. The molecule has 1 aliphatic rings. The summed E-state index contributed by atoms with van der Waals surface area (Å²) in [6.45, 7) is 0.211. The van der Waals surface area contributed by atoms with Crippen molar-refractivity contribution < 1.29 is 24.1 Å². The summed E-state index contributed by atoms with van der Waals surface area (Å²) in [7, 11) is 1.55. The molecular weight excluding hydrogens is 224 g/mol. The topological polar surface area (TPSA) is 65.0 Å². The van der Waals surface area contributed by atoms with E-state index in [0.717, 1.165) is 0 Å². The average molecular weight is 238 g/mol. The first-order chi connectivity index (χ1) is 8.24. The van der Waals surface area contributed by atoms with Gasteiger partial charge in [-0.3, -0.25) is 0 Å². The van der Waals surface area contributed by atoms with Gasteiger partial charge in [0.1, 0.15) is 11.5 Å². The van der Waals surface area contributed by atoms with E-state index in [9.17, 15) is 9.90 Å². The molecule has 1 heterocycles. The van der Waals surface area contributed by atoms with E-state index in [1.54, 1.807) is 25.3 Å². The minimum absolute atomic E-state index is 0.172. The minimum atomic E-state index is -0.575. The fourth-order valence-electron chi connectivity index (χ4n) is 1.66. The summed E-state index contributed by atoms with van der Waals surface area (Å²) in [4.78, 5) is 11.3. The standard InChI is InChI=1S/C12H14O5/c1-15-9-2-3-10(8(6-9)7-13)17-11-4-5-16-12(11)14/h2-3,6,11,13H,4-5,7H2,1H3. The van der Waals surface area contributed by atoms with Crippen LogP contribution >= 0.6 is 0 Å². The molecule has 0 radical (unpaired) electrons. The van der Waals surface area contributed by atoms with Crippen molar-refractivity contribution >= 4 is 5.97 Å². The number of carbonyl (C=O) groups excluding carboxylic acids is 1. The van der Waals surface area contributed by atoms with Crippen molar-refractivity contribution in [3.8, 4) is 11.5 Å². The van der Waals surface area contributed by atoms with Gasteiger partial charge in [0.25, 0.3) is 0 Å². The number of esters is 1. The Bertz CT molecular complexity index is 415. The highest BCUT2D eigenvalue weighted by Crippen LogP contribution is 2.26. The van der Waals surface area contributed by atoms with Gasteiger partial charge in [0.05, 0.1) is 20.3 Å². The smallest absolute Gasteiger partial charge is 0.347 e. The lowest BCUT2D eigenvalue weighted by Crippen LogP contribution is -2.22. The van der Waals surface area contributed by atoms with Gasteiger partial charge in [0, 0.05) is 12.0 Å². The monoisotopic (exact) mass is 238 g/mol. The number of hydrogen-bond acceptors (Lipinski definition) is 5. The molecule has 1 aliphatic heterocycles. The third kappa shape index (κ3) is 2.50. The van der Waals surface area contributed by atoms with Crippen LogP contribution in [-0.4, -0.2) is 30.9 Å². The molecule has 1 aromatic rings. The summed E-state index contributed by atoms with van der Waals surface area (Å²) in [5.74, 6) is 0.761. The number of methoxy groups -OCH3 is 1. The second-order valence-corrected chi connectivity index (χ2v) is 3.69. The van der Waals surface area contributed by atoms with Crippen LogP contribution in [0.1, 0.15) is 12.0 Å². The van der Waals surface area contributed by atoms with Crippen LogP contribution < -0.4 is 9.47 Å². The first-order valence-corrected chi connectivity index (χ1v) is 5.35. The van der Waals surface area contributed by atoms with Crippen molar-refractivity contribution in [1.29, 1.82) is 0 Å². The van der Waals surface area contributed by atoms with Gasteiger partial charge in [-0.1, -0.05) is 0 Å². The largest absolute Gasteiger partial charge is 0.497 e. The predicted octanol–water partition coefficient (Wildman–Crippen LogP) is 0.882. The van der Waals surface area contributed by atoms with E-state index in [2.05, 4.69) is 0 Å². The lowest BCUT2D eigenvalue weighted by Gasteiger charge is -2.14. The summed E-state index contributed by atoms with van der Waals surface area (Å²) in [5.41, 5.74) is 0.587. The van der Waals surface area contributed by atoms with E-state index in [0.29, 0.717) is 30.1 Å². The molecule has 0 amide bonds. The first kappa shape index (κ1) is 11.7. The molecule has 5 nitrogen and oxygen atoms in total. The number of rotatable bonds is 4. The molecule has 1 N–H and O–H groups in total. The Hall–Kier alpha value is -1.75. The quantitative estimate of drug-likeness (QED) is 0.789. The van der Waals surface area contributed by atoms with Gasteiger partial charge in [-0.2, -0.15) is 0 Å². The van der Waals surface area contributed by atoms with Crippen LogP contribution in [0.5, 0.6) is 11.5 Å². The normalized spacial score (nSPS) is 18.9. The number of carbonyl (C=O) groups is 1. The highest BCUT2D eigenvalue weighted by molar-refractivity contribution is 5.76. The van der Waals surface area contributed by atoms with Gasteiger partial charge >= 0.3 is 5.97 Å². The van der Waals surface area contributed by atoms with E-state index in [1.807, 2.05) is 0 Å². The fraction of sp³-hybridized carbons (Fsp3) is 0.417. The number of cyclic esters (lactones) is 1. The number of ether oxygens (including phenoxy) is 3. The molecule has 1 saturated heterocycles. The maximum absolute atomic E-state index is 11.3. The van der Waals surface area contributed by atoms with Crippen molar-refractivity contribution in [2.45, 2.75) is 19.1 Å². The zero-order valence-electron chi connectivity index (χ0n) is 9.51. The van der Waals surface area contributed by atoms with Crippen LogP contribution in [0.15, 0.2) is 18.2 Å². The number of aliphatic hydroxyl groups excluding tert-OH is 1. The summed E-state index contributed by atoms with van der Waals surface area (Å²) >= 11 is 0. The van der Waals surface area contributed by atoms with Gasteiger partial charge in [-0.25, -0.2) is 4.79 Å². The first-order valence-electron chi connectivity index (χ1n) is 5.35. The minimum Gasteiger partial charge on any atom is -0.497 e. The maximum Gasteiger partial charge on any atom is 0.347 e. The highest BCUT2D eigenvalue weighted by Gasteiger charge is 2.28. The van der Waals surface area contributed by atoms with Crippen molar-refractivity contribution in [2.24, 2.45) is 0 Å². The average Bonchev–Trinajstić information content (AvgIpc) is 2.75. The Morgan fingerprint density at radius 3 is 2.94 bits per heavy atom. The van der Waals surface area contributed by atoms with Gasteiger partial charge in [-0.15, -0.1) is 0 Å². The zero-order chi connectivity index (χ0) is 12.3. The maximum atomic E-state index is 11.3. The van der Waals surface area contributed by atoms with E-state index >= 15 is 0 Å². The third-order valence-electron chi connectivity index (χ3n) is 2.59. The Kier molecular flexibility index (Phi) is 3.49. The van der Waals surface area contributed by atoms with E-state index in [-0.39, 0.29) is 12.6 Å². The lowest BCUT2D eigenvalue weighted by atomic mass is 10.2. The number of hydrogen-bond donors (Lipinski definition) is 1. The number of aliphatic hydroxyl groups is 1. The van der Waals surface area contributed by atoms with Crippen LogP contribution in [0, 0.1) is 0 Å². The lowest BCUT2D eigenvalue weighted by molar-refractivity contribution is -0.143. The molecule has 1 fully saturated rings. The third-order valence-corrected chi connectivity index (χ3v) is 2.59. The molecule has 0 saturated carbocycles. The summed E-state index contributed by atoms with van der Waals surface area (Å²) in [6, 6.07) is 5.07. The van der Waals surface area contributed by atoms with Crippen LogP contribution in [-0.2, 0) is 16.1 Å². The predicted molar refractivity (Wildman–Crippen MR) is 58.9 cm³/mol. The molecule has 17 heavy (non-hydrogen) atoms. The van der Waals surface area contributed by atoms with Gasteiger partial charge in [0.15, 0.2) is 6.10 Å². The van der Waals surface area contributed by atoms with Gasteiger partial charge in [-0.05, 0) is 18.2 Å². The van der Waals surface area contributed by atoms with Crippen LogP contribution in [0.25, 0.3) is 0 Å². The molecule has 92 valence electrons. The molecule has 0 bridgehead atoms. The summed E-state index contributed by atoms with van der Waals surface area (Å²) in [5, 5.41) is 9.23. The van der Waals surface area contributed by atoms with Crippen LogP contribution in [0.3, 0.4) is 0 Å². The Morgan fingerprint density at radius 2 is 2.35 bits per heavy atom. The van der Waals surface area contributed by atoms with Crippen LogP contribution in [0.2, 0.25) is 0 Å². The van der Waals surface area contributed by atoms with Gasteiger partial charge in [0.2, 0.25) is 0 Å². The molecule has 2 rings (SSSR count). The van der Waals surface area contributed by atoms with Crippen molar-refractivity contribution in [3.63, 3.8) is 0 Å². The van der Waals surface area contributed by atoms with Crippen LogP contribution in [0.4, 0.5) is 0 Å². The Morgan fingerprint density at radius 1 is 1.53 bits per heavy atom. The molecule has 1 aromatic carbocycles. The number of benzene rings is 1.